The molecule has 2 rings (SSSR count). The van der Waals surface area contributed by atoms with Crippen molar-refractivity contribution in [2.75, 3.05) is 27.2 Å². The molecule has 0 N–H and O–H groups in total. The van der Waals surface area contributed by atoms with Gasteiger partial charge in [-0.2, -0.15) is 0 Å². The van der Waals surface area contributed by atoms with Crippen molar-refractivity contribution >= 4 is 5.97 Å². The summed E-state index contributed by atoms with van der Waals surface area (Å²) < 4.78 is 32.2. The number of halogens is 2. The summed E-state index contributed by atoms with van der Waals surface area (Å²) >= 11 is 0. The van der Waals surface area contributed by atoms with Crippen molar-refractivity contribution in [3.8, 4) is 0 Å². The van der Waals surface area contributed by atoms with E-state index >= 15 is 0 Å². The third kappa shape index (κ3) is 5.63. The van der Waals surface area contributed by atoms with Crippen molar-refractivity contribution < 1.29 is 18.3 Å². The SMILES string of the molecule is CCOC(=O)c1ccc(F)cc1CC(CCN(C)C)c1ccc(F)cc1. The first-order chi connectivity index (χ1) is 12.4. The van der Waals surface area contributed by atoms with Gasteiger partial charge in [-0.05, 0) is 87.8 Å². The smallest absolute Gasteiger partial charge is 0.338 e. The van der Waals surface area contributed by atoms with Crippen molar-refractivity contribution in [2.24, 2.45) is 0 Å². The van der Waals surface area contributed by atoms with E-state index in [0.717, 1.165) is 18.5 Å². The van der Waals surface area contributed by atoms with E-state index in [4.69, 9.17) is 4.74 Å². The number of carbonyl (C=O) groups excluding carboxylic acids is 1. The first-order valence-electron chi connectivity index (χ1n) is 8.76. The average Bonchev–Trinajstić information content (AvgIpc) is 2.59. The number of hydrogen-bond acceptors (Lipinski definition) is 3. The Hall–Kier alpha value is -2.27. The number of esters is 1. The lowest BCUT2D eigenvalue weighted by atomic mass is 9.87. The Bertz CT molecular complexity index is 729. The number of hydrogen-bond donors (Lipinski definition) is 0. The number of ether oxygens (including phenoxy) is 1. The molecular formula is C21H25F2NO2. The highest BCUT2D eigenvalue weighted by atomic mass is 19.1. The van der Waals surface area contributed by atoms with Crippen molar-refractivity contribution in [1.29, 1.82) is 0 Å². The molecule has 140 valence electrons. The van der Waals surface area contributed by atoms with E-state index in [0.29, 0.717) is 17.5 Å². The van der Waals surface area contributed by atoms with Crippen LogP contribution in [0, 0.1) is 11.6 Å². The molecule has 0 aliphatic heterocycles. The maximum absolute atomic E-state index is 13.8. The molecule has 0 aliphatic carbocycles. The van der Waals surface area contributed by atoms with Gasteiger partial charge in [0.2, 0.25) is 0 Å². The average molecular weight is 361 g/mol. The van der Waals surface area contributed by atoms with Gasteiger partial charge >= 0.3 is 5.97 Å². The molecule has 0 aliphatic rings. The van der Waals surface area contributed by atoms with Gasteiger partial charge in [0.1, 0.15) is 11.6 Å². The van der Waals surface area contributed by atoms with Crippen LogP contribution in [0.4, 0.5) is 8.78 Å². The summed E-state index contributed by atoms with van der Waals surface area (Å²) in [5, 5.41) is 0. The van der Waals surface area contributed by atoms with Crippen LogP contribution in [-0.4, -0.2) is 38.1 Å². The fourth-order valence-corrected chi connectivity index (χ4v) is 2.94. The first kappa shape index (κ1) is 20.0. The molecule has 26 heavy (non-hydrogen) atoms. The van der Waals surface area contributed by atoms with Gasteiger partial charge in [0.05, 0.1) is 12.2 Å². The van der Waals surface area contributed by atoms with Crippen LogP contribution in [0.3, 0.4) is 0 Å². The molecule has 1 atom stereocenters. The molecule has 2 aromatic rings. The summed E-state index contributed by atoms with van der Waals surface area (Å²) in [6.07, 6.45) is 1.28. The fourth-order valence-electron chi connectivity index (χ4n) is 2.94. The van der Waals surface area contributed by atoms with Crippen LogP contribution in [0.25, 0.3) is 0 Å². The Morgan fingerprint density at radius 3 is 2.35 bits per heavy atom. The van der Waals surface area contributed by atoms with Gasteiger partial charge in [0.25, 0.3) is 0 Å². The number of carbonyl (C=O) groups is 1. The van der Waals surface area contributed by atoms with E-state index in [2.05, 4.69) is 4.90 Å². The molecule has 0 radical (unpaired) electrons. The van der Waals surface area contributed by atoms with Crippen molar-refractivity contribution in [3.05, 3.63) is 70.8 Å². The highest BCUT2D eigenvalue weighted by Crippen LogP contribution is 2.27. The topological polar surface area (TPSA) is 29.5 Å². The minimum atomic E-state index is -0.451. The van der Waals surface area contributed by atoms with Crippen LogP contribution in [0.2, 0.25) is 0 Å². The quantitative estimate of drug-likeness (QED) is 0.652. The Morgan fingerprint density at radius 1 is 1.08 bits per heavy atom. The standard InChI is InChI=1S/C21H25F2NO2/c1-4-26-21(25)20-10-9-19(23)14-17(20)13-16(11-12-24(2)3)15-5-7-18(22)8-6-15/h5-10,14,16H,4,11-13H2,1-3H3. The van der Waals surface area contributed by atoms with Gasteiger partial charge in [-0.1, -0.05) is 12.1 Å². The predicted molar refractivity (Wildman–Crippen MR) is 98.4 cm³/mol. The molecule has 3 nitrogen and oxygen atoms in total. The molecule has 2 aromatic carbocycles. The third-order valence-electron chi connectivity index (χ3n) is 4.30. The van der Waals surface area contributed by atoms with Gasteiger partial charge in [-0.15, -0.1) is 0 Å². The van der Waals surface area contributed by atoms with E-state index in [9.17, 15) is 13.6 Å². The van der Waals surface area contributed by atoms with Crippen molar-refractivity contribution in [1.82, 2.24) is 4.90 Å². The summed E-state index contributed by atoms with van der Waals surface area (Å²) in [5.41, 5.74) is 1.95. The van der Waals surface area contributed by atoms with E-state index in [1.807, 2.05) is 14.1 Å². The second-order valence-corrected chi connectivity index (χ2v) is 6.57. The van der Waals surface area contributed by atoms with Gasteiger partial charge in [0.15, 0.2) is 0 Å². The van der Waals surface area contributed by atoms with Crippen LogP contribution >= 0.6 is 0 Å². The van der Waals surface area contributed by atoms with Crippen LogP contribution < -0.4 is 0 Å². The molecular weight excluding hydrogens is 336 g/mol. The molecule has 0 aromatic heterocycles. The van der Waals surface area contributed by atoms with Gasteiger partial charge in [-0.25, -0.2) is 13.6 Å². The molecule has 0 bridgehead atoms. The van der Waals surface area contributed by atoms with Crippen LogP contribution in [0.1, 0.15) is 40.7 Å². The molecule has 5 heteroatoms. The Morgan fingerprint density at radius 2 is 1.73 bits per heavy atom. The molecule has 0 heterocycles. The molecule has 0 saturated carbocycles. The van der Waals surface area contributed by atoms with Crippen LogP contribution in [0.15, 0.2) is 42.5 Å². The molecule has 0 spiro atoms. The monoisotopic (exact) mass is 361 g/mol. The van der Waals surface area contributed by atoms with E-state index in [1.54, 1.807) is 19.1 Å². The lowest BCUT2D eigenvalue weighted by Gasteiger charge is -2.21. The van der Waals surface area contributed by atoms with E-state index in [-0.39, 0.29) is 18.3 Å². The summed E-state index contributed by atoms with van der Waals surface area (Å²) in [7, 11) is 3.96. The highest BCUT2D eigenvalue weighted by Gasteiger charge is 2.19. The summed E-state index contributed by atoms with van der Waals surface area (Å²) in [5.74, 6) is -1.10. The summed E-state index contributed by atoms with van der Waals surface area (Å²) in [6.45, 7) is 2.82. The molecule has 0 fully saturated rings. The Kier molecular flexibility index (Phi) is 7.27. The molecule has 0 amide bonds. The lowest BCUT2D eigenvalue weighted by molar-refractivity contribution is 0.0525. The fraction of sp³-hybridized carbons (Fsp3) is 0.381. The number of nitrogens with zero attached hydrogens (tertiary/aromatic N) is 1. The predicted octanol–water partition coefficient (Wildman–Crippen LogP) is 4.42. The van der Waals surface area contributed by atoms with Gasteiger partial charge in [-0.3, -0.25) is 0 Å². The highest BCUT2D eigenvalue weighted by molar-refractivity contribution is 5.91. The van der Waals surface area contributed by atoms with Crippen molar-refractivity contribution in [3.63, 3.8) is 0 Å². The Labute approximate surface area is 153 Å². The van der Waals surface area contributed by atoms with Gasteiger partial charge in [0, 0.05) is 0 Å². The summed E-state index contributed by atoms with van der Waals surface area (Å²) in [6, 6.07) is 10.5. The number of benzene rings is 2. The first-order valence-corrected chi connectivity index (χ1v) is 8.76. The normalized spacial score (nSPS) is 12.2. The second-order valence-electron chi connectivity index (χ2n) is 6.57. The van der Waals surface area contributed by atoms with E-state index < -0.39 is 11.8 Å². The molecule has 0 saturated heterocycles. The van der Waals surface area contributed by atoms with Gasteiger partial charge < -0.3 is 9.64 Å². The minimum Gasteiger partial charge on any atom is -0.462 e. The van der Waals surface area contributed by atoms with E-state index in [1.165, 1.54) is 30.3 Å². The zero-order valence-corrected chi connectivity index (χ0v) is 15.5. The van der Waals surface area contributed by atoms with Crippen LogP contribution in [0.5, 0.6) is 0 Å². The lowest BCUT2D eigenvalue weighted by Crippen LogP contribution is -2.18. The van der Waals surface area contributed by atoms with Crippen molar-refractivity contribution in [2.45, 2.75) is 25.7 Å². The zero-order chi connectivity index (χ0) is 19.1. The van der Waals surface area contributed by atoms with Crippen LogP contribution in [-0.2, 0) is 11.2 Å². The minimum absolute atomic E-state index is 0.0352. The third-order valence-corrected chi connectivity index (χ3v) is 4.30. The zero-order valence-electron chi connectivity index (χ0n) is 15.5. The Balaban J connectivity index is 2.33. The summed E-state index contributed by atoms with van der Waals surface area (Å²) in [4.78, 5) is 14.3. The molecule has 1 unspecified atom stereocenters. The number of rotatable bonds is 8. The second kappa shape index (κ2) is 9.43. The largest absolute Gasteiger partial charge is 0.462 e. The maximum atomic E-state index is 13.8. The maximum Gasteiger partial charge on any atom is 0.338 e.